The number of carbonyl (C=O) groups excluding carboxylic acids is 1. The highest BCUT2D eigenvalue weighted by molar-refractivity contribution is 7.89. The van der Waals surface area contributed by atoms with Crippen LogP contribution in [0.5, 0.6) is 0 Å². The normalized spacial score (nSPS) is 11.7. The van der Waals surface area contributed by atoms with Gasteiger partial charge >= 0.3 is 0 Å². The molecule has 124 valence electrons. The van der Waals surface area contributed by atoms with E-state index in [9.17, 15) is 13.2 Å². The molecule has 6 nitrogen and oxygen atoms in total. The Labute approximate surface area is 132 Å². The van der Waals surface area contributed by atoms with E-state index in [1.54, 1.807) is 6.07 Å². The summed E-state index contributed by atoms with van der Waals surface area (Å²) in [4.78, 5) is 12.1. The van der Waals surface area contributed by atoms with E-state index >= 15 is 0 Å². The Kier molecular flexibility index (Phi) is 6.52. The molecular weight excluding hydrogens is 302 g/mol. The summed E-state index contributed by atoms with van der Waals surface area (Å²) in [5.41, 5.74) is 2.25. The van der Waals surface area contributed by atoms with Gasteiger partial charge in [0, 0.05) is 26.2 Å². The second-order valence-electron chi connectivity index (χ2n) is 5.46. The molecule has 0 aliphatic heterocycles. The number of benzene rings is 1. The summed E-state index contributed by atoms with van der Waals surface area (Å²) in [5.74, 6) is -0.114. The van der Waals surface area contributed by atoms with Crippen molar-refractivity contribution in [2.75, 3.05) is 33.0 Å². The third kappa shape index (κ3) is 4.53. The fourth-order valence-electron chi connectivity index (χ4n) is 1.95. The number of anilines is 1. The number of amides is 1. The predicted octanol–water partition coefficient (Wildman–Crippen LogP) is 1.49. The molecule has 1 amide bonds. The second kappa shape index (κ2) is 7.71. The summed E-state index contributed by atoms with van der Waals surface area (Å²) in [7, 11) is 1.28. The molecule has 0 atom stereocenters. The molecule has 0 saturated carbocycles. The Balaban J connectivity index is 3.05. The van der Waals surface area contributed by atoms with Gasteiger partial charge in [-0.1, -0.05) is 0 Å². The fourth-order valence-corrected chi connectivity index (χ4v) is 2.97. The average molecular weight is 327 g/mol. The van der Waals surface area contributed by atoms with E-state index in [2.05, 4.69) is 10.6 Å². The Morgan fingerprint density at radius 2 is 1.86 bits per heavy atom. The molecule has 1 aromatic rings. The van der Waals surface area contributed by atoms with Crippen molar-refractivity contribution in [1.82, 2.24) is 9.62 Å². The molecule has 7 heteroatoms. The first kappa shape index (κ1) is 18.6. The summed E-state index contributed by atoms with van der Waals surface area (Å²) in [6.45, 7) is 4.46. The highest BCUT2D eigenvalue weighted by atomic mass is 32.2. The van der Waals surface area contributed by atoms with Crippen molar-refractivity contribution in [2.45, 2.75) is 31.6 Å². The zero-order valence-corrected chi connectivity index (χ0v) is 14.7. The third-order valence-electron chi connectivity index (χ3n) is 3.52. The fraction of sp³-hybridized carbons (Fsp3) is 0.533. The average Bonchev–Trinajstić information content (AvgIpc) is 2.43. The molecule has 0 aliphatic rings. The largest absolute Gasteiger partial charge is 0.326 e. The molecule has 0 fully saturated rings. The second-order valence-corrected chi connectivity index (χ2v) is 7.61. The van der Waals surface area contributed by atoms with Crippen LogP contribution in [-0.4, -0.2) is 46.3 Å². The Hall–Kier alpha value is -1.44. The van der Waals surface area contributed by atoms with Crippen LogP contribution in [0.3, 0.4) is 0 Å². The quantitative estimate of drug-likeness (QED) is 0.744. The maximum atomic E-state index is 12.2. The van der Waals surface area contributed by atoms with Crippen molar-refractivity contribution in [3.8, 4) is 0 Å². The molecule has 1 aromatic carbocycles. The van der Waals surface area contributed by atoms with E-state index in [4.69, 9.17) is 0 Å². The van der Waals surface area contributed by atoms with E-state index in [1.807, 2.05) is 20.9 Å². The van der Waals surface area contributed by atoms with Gasteiger partial charge in [0.2, 0.25) is 15.9 Å². The van der Waals surface area contributed by atoms with Crippen LogP contribution < -0.4 is 10.6 Å². The zero-order chi connectivity index (χ0) is 16.9. The highest BCUT2D eigenvalue weighted by Crippen LogP contribution is 2.25. The topological polar surface area (TPSA) is 78.5 Å². The molecule has 0 saturated heterocycles. The number of hydrogen-bond acceptors (Lipinski definition) is 4. The van der Waals surface area contributed by atoms with Crippen LogP contribution in [0.1, 0.15) is 24.0 Å². The summed E-state index contributed by atoms with van der Waals surface area (Å²) in [6, 6.07) is 3.15. The number of nitrogens with zero attached hydrogens (tertiary/aromatic N) is 1. The molecule has 1 rings (SSSR count). The first-order valence-corrected chi connectivity index (χ1v) is 8.62. The summed E-state index contributed by atoms with van der Waals surface area (Å²) in [5, 5.41) is 5.80. The minimum absolute atomic E-state index is 0.114. The van der Waals surface area contributed by atoms with E-state index < -0.39 is 10.0 Å². The number of rotatable bonds is 7. The summed E-state index contributed by atoms with van der Waals surface area (Å²) in [6.07, 6.45) is 1.13. The zero-order valence-electron chi connectivity index (χ0n) is 13.9. The van der Waals surface area contributed by atoms with E-state index in [0.717, 1.165) is 28.4 Å². The van der Waals surface area contributed by atoms with Crippen LogP contribution in [0.2, 0.25) is 0 Å². The minimum Gasteiger partial charge on any atom is -0.326 e. The molecule has 0 radical (unpaired) electrons. The number of sulfonamides is 1. The number of hydrogen-bond donors (Lipinski definition) is 2. The lowest BCUT2D eigenvalue weighted by atomic mass is 10.1. The van der Waals surface area contributed by atoms with Crippen molar-refractivity contribution in [3.63, 3.8) is 0 Å². The van der Waals surface area contributed by atoms with E-state index in [0.29, 0.717) is 12.1 Å². The van der Waals surface area contributed by atoms with Crippen LogP contribution in [0.25, 0.3) is 0 Å². The van der Waals surface area contributed by atoms with Gasteiger partial charge in [-0.25, -0.2) is 12.7 Å². The first-order valence-electron chi connectivity index (χ1n) is 7.18. The van der Waals surface area contributed by atoms with E-state index in [1.165, 1.54) is 20.2 Å². The van der Waals surface area contributed by atoms with E-state index in [-0.39, 0.29) is 10.8 Å². The Bertz CT molecular complexity index is 640. The molecule has 0 aliphatic carbocycles. The van der Waals surface area contributed by atoms with Crippen molar-refractivity contribution in [3.05, 3.63) is 23.3 Å². The summed E-state index contributed by atoms with van der Waals surface area (Å²) < 4.78 is 25.7. The molecule has 0 heterocycles. The van der Waals surface area contributed by atoms with Gasteiger partial charge in [0.25, 0.3) is 0 Å². The van der Waals surface area contributed by atoms with Gasteiger partial charge in [-0.15, -0.1) is 0 Å². The van der Waals surface area contributed by atoms with Crippen LogP contribution in [-0.2, 0) is 14.8 Å². The minimum atomic E-state index is -3.52. The van der Waals surface area contributed by atoms with Gasteiger partial charge in [-0.05, 0) is 57.1 Å². The Morgan fingerprint density at radius 1 is 1.23 bits per heavy atom. The van der Waals surface area contributed by atoms with Crippen LogP contribution >= 0.6 is 0 Å². The third-order valence-corrected chi connectivity index (χ3v) is 5.32. The lowest BCUT2D eigenvalue weighted by Crippen LogP contribution is -2.23. The van der Waals surface area contributed by atoms with Crippen molar-refractivity contribution in [1.29, 1.82) is 0 Å². The van der Waals surface area contributed by atoms with Crippen molar-refractivity contribution < 1.29 is 13.2 Å². The monoisotopic (exact) mass is 327 g/mol. The number of nitrogens with one attached hydrogen (secondary N) is 2. The molecule has 0 unspecified atom stereocenters. The van der Waals surface area contributed by atoms with Crippen LogP contribution in [0, 0.1) is 13.8 Å². The maximum Gasteiger partial charge on any atom is 0.242 e. The summed E-state index contributed by atoms with van der Waals surface area (Å²) >= 11 is 0. The van der Waals surface area contributed by atoms with Gasteiger partial charge in [0.1, 0.15) is 0 Å². The molecule has 22 heavy (non-hydrogen) atoms. The SMILES string of the molecule is CNCCCC(=O)Nc1cc(S(=O)(=O)N(C)C)cc(C)c1C. The lowest BCUT2D eigenvalue weighted by molar-refractivity contribution is -0.116. The first-order chi connectivity index (χ1) is 10.2. The van der Waals surface area contributed by atoms with Crippen LogP contribution in [0.4, 0.5) is 5.69 Å². The van der Waals surface area contributed by atoms with Gasteiger partial charge < -0.3 is 10.6 Å². The van der Waals surface area contributed by atoms with Gasteiger partial charge in [-0.3, -0.25) is 4.79 Å². The predicted molar refractivity (Wildman–Crippen MR) is 88.6 cm³/mol. The molecule has 0 aromatic heterocycles. The molecule has 0 bridgehead atoms. The number of aryl methyl sites for hydroxylation is 1. The standard InChI is InChI=1S/C15H25N3O3S/c1-11-9-13(22(20,21)18(4)5)10-14(12(11)2)17-15(19)7-6-8-16-3/h9-10,16H,6-8H2,1-5H3,(H,17,19). The van der Waals surface area contributed by atoms with Gasteiger partial charge in [0.15, 0.2) is 0 Å². The van der Waals surface area contributed by atoms with Gasteiger partial charge in [0.05, 0.1) is 4.90 Å². The maximum absolute atomic E-state index is 12.2. The smallest absolute Gasteiger partial charge is 0.242 e. The Morgan fingerprint density at radius 3 is 2.41 bits per heavy atom. The molecular formula is C15H25N3O3S. The highest BCUT2D eigenvalue weighted by Gasteiger charge is 2.20. The number of carbonyl (C=O) groups is 1. The van der Waals surface area contributed by atoms with Crippen molar-refractivity contribution in [2.24, 2.45) is 0 Å². The van der Waals surface area contributed by atoms with Gasteiger partial charge in [-0.2, -0.15) is 0 Å². The van der Waals surface area contributed by atoms with Crippen molar-refractivity contribution >= 4 is 21.6 Å². The lowest BCUT2D eigenvalue weighted by Gasteiger charge is -2.16. The van der Waals surface area contributed by atoms with Crippen LogP contribution in [0.15, 0.2) is 17.0 Å². The molecule has 0 spiro atoms. The molecule has 2 N–H and O–H groups in total.